The molecule has 0 saturated carbocycles. The smallest absolute Gasteiger partial charge is 0.260 e. The number of amides is 1. The number of carbonyl (C=O) groups excluding carboxylic acids is 1. The van der Waals surface area contributed by atoms with Crippen LogP contribution in [0.15, 0.2) is 77.7 Å². The van der Waals surface area contributed by atoms with Gasteiger partial charge in [-0.3, -0.25) is 9.69 Å². The standard InChI is InChI=1S/C25H24N2OS2/c1-3-18-10-15-22-23(16-18)30-25(26-22)27(17-19-8-6-5-7-9-19)24(28)20-11-13-21(14-12-20)29-4-2/h5-16H,3-4,17H2,1-2H3. The molecule has 3 nitrogen and oxygen atoms in total. The zero-order valence-electron chi connectivity index (χ0n) is 17.2. The van der Waals surface area contributed by atoms with Crippen LogP contribution in [0.2, 0.25) is 0 Å². The molecule has 0 aliphatic carbocycles. The molecule has 1 aromatic heterocycles. The van der Waals surface area contributed by atoms with Gasteiger partial charge in [0, 0.05) is 10.5 Å². The lowest BCUT2D eigenvalue weighted by atomic mass is 10.1. The maximum atomic E-state index is 13.5. The van der Waals surface area contributed by atoms with Crippen LogP contribution in [0, 0.1) is 0 Å². The Balaban J connectivity index is 1.71. The van der Waals surface area contributed by atoms with Gasteiger partial charge < -0.3 is 0 Å². The van der Waals surface area contributed by atoms with Crippen molar-refractivity contribution in [2.45, 2.75) is 31.7 Å². The van der Waals surface area contributed by atoms with E-state index in [9.17, 15) is 4.79 Å². The lowest BCUT2D eigenvalue weighted by Gasteiger charge is -2.20. The van der Waals surface area contributed by atoms with E-state index in [0.717, 1.165) is 33.1 Å². The van der Waals surface area contributed by atoms with Crippen molar-refractivity contribution in [1.29, 1.82) is 0 Å². The molecule has 152 valence electrons. The summed E-state index contributed by atoms with van der Waals surface area (Å²) in [4.78, 5) is 21.3. The van der Waals surface area contributed by atoms with Gasteiger partial charge in [-0.1, -0.05) is 61.6 Å². The lowest BCUT2D eigenvalue weighted by molar-refractivity contribution is 0.0985. The Morgan fingerprint density at radius 1 is 0.967 bits per heavy atom. The molecule has 0 radical (unpaired) electrons. The van der Waals surface area contributed by atoms with Crippen LogP contribution in [0.4, 0.5) is 5.13 Å². The average molecular weight is 433 g/mol. The SMILES string of the molecule is CCSc1ccc(C(=O)N(Cc2ccccc2)c2nc3ccc(CC)cc3s2)cc1. The normalized spacial score (nSPS) is 11.0. The number of benzene rings is 3. The first-order valence-electron chi connectivity index (χ1n) is 10.2. The van der Waals surface area contributed by atoms with Gasteiger partial charge >= 0.3 is 0 Å². The van der Waals surface area contributed by atoms with Crippen LogP contribution in [-0.2, 0) is 13.0 Å². The van der Waals surface area contributed by atoms with Crippen LogP contribution in [0.1, 0.15) is 35.3 Å². The number of thioether (sulfide) groups is 1. The van der Waals surface area contributed by atoms with Gasteiger partial charge in [-0.25, -0.2) is 4.98 Å². The summed E-state index contributed by atoms with van der Waals surface area (Å²) < 4.78 is 1.12. The van der Waals surface area contributed by atoms with Gasteiger partial charge in [0.2, 0.25) is 0 Å². The Kier molecular flexibility index (Phi) is 6.50. The van der Waals surface area contributed by atoms with Crippen molar-refractivity contribution in [3.8, 4) is 0 Å². The molecule has 5 heteroatoms. The Morgan fingerprint density at radius 2 is 1.73 bits per heavy atom. The number of rotatable bonds is 7. The molecule has 0 bridgehead atoms. The lowest BCUT2D eigenvalue weighted by Crippen LogP contribution is -2.30. The Hall–Kier alpha value is -2.63. The average Bonchev–Trinajstić information content (AvgIpc) is 3.21. The highest BCUT2D eigenvalue weighted by molar-refractivity contribution is 7.99. The highest BCUT2D eigenvalue weighted by Crippen LogP contribution is 2.32. The second-order valence-corrected chi connectivity index (χ2v) is 9.33. The maximum absolute atomic E-state index is 13.5. The summed E-state index contributed by atoms with van der Waals surface area (Å²) >= 11 is 3.35. The topological polar surface area (TPSA) is 33.2 Å². The zero-order chi connectivity index (χ0) is 20.9. The minimum absolute atomic E-state index is 0.0262. The van der Waals surface area contributed by atoms with E-state index >= 15 is 0 Å². The van der Waals surface area contributed by atoms with Crippen LogP contribution >= 0.6 is 23.1 Å². The summed E-state index contributed by atoms with van der Waals surface area (Å²) in [5.74, 6) is 0.987. The van der Waals surface area contributed by atoms with Crippen LogP contribution in [0.25, 0.3) is 10.2 Å². The zero-order valence-corrected chi connectivity index (χ0v) is 18.8. The minimum atomic E-state index is -0.0262. The number of fused-ring (bicyclic) bond motifs is 1. The predicted molar refractivity (Wildman–Crippen MR) is 129 cm³/mol. The van der Waals surface area contributed by atoms with Crippen LogP contribution in [0.5, 0.6) is 0 Å². The van der Waals surface area contributed by atoms with Crippen molar-refractivity contribution in [1.82, 2.24) is 4.98 Å². The third kappa shape index (κ3) is 4.58. The van der Waals surface area contributed by atoms with E-state index in [1.807, 2.05) is 54.6 Å². The highest BCUT2D eigenvalue weighted by Gasteiger charge is 2.22. The van der Waals surface area contributed by atoms with E-state index in [1.54, 1.807) is 28.0 Å². The molecule has 1 heterocycles. The largest absolute Gasteiger partial charge is 0.279 e. The highest BCUT2D eigenvalue weighted by atomic mass is 32.2. The molecule has 1 amide bonds. The van der Waals surface area contributed by atoms with Crippen molar-refractivity contribution in [2.75, 3.05) is 10.7 Å². The van der Waals surface area contributed by atoms with Gasteiger partial charge in [0.25, 0.3) is 5.91 Å². The monoisotopic (exact) mass is 432 g/mol. The molecule has 3 aromatic carbocycles. The first-order valence-corrected chi connectivity index (χ1v) is 12.0. The molecule has 0 spiro atoms. The van der Waals surface area contributed by atoms with E-state index in [-0.39, 0.29) is 5.91 Å². The van der Waals surface area contributed by atoms with Crippen molar-refractivity contribution < 1.29 is 4.79 Å². The summed E-state index contributed by atoms with van der Waals surface area (Å²) in [6.07, 6.45) is 0.984. The van der Waals surface area contributed by atoms with Gasteiger partial charge in [-0.15, -0.1) is 11.8 Å². The third-order valence-corrected chi connectivity index (χ3v) is 6.86. The quantitative estimate of drug-likeness (QED) is 0.301. The minimum Gasteiger partial charge on any atom is -0.279 e. The predicted octanol–water partition coefficient (Wildman–Crippen LogP) is 6.82. The molecule has 0 aliphatic heterocycles. The van der Waals surface area contributed by atoms with E-state index in [2.05, 4.69) is 32.0 Å². The number of carbonyl (C=O) groups is 1. The summed E-state index contributed by atoms with van der Waals surface area (Å²) in [6, 6.07) is 24.3. The van der Waals surface area contributed by atoms with Crippen molar-refractivity contribution in [2.24, 2.45) is 0 Å². The molecule has 4 aromatic rings. The molecular weight excluding hydrogens is 408 g/mol. The summed E-state index contributed by atoms with van der Waals surface area (Å²) in [6.45, 7) is 4.77. The summed E-state index contributed by atoms with van der Waals surface area (Å²) in [5, 5.41) is 0.735. The van der Waals surface area contributed by atoms with Gasteiger partial charge in [-0.05, 0) is 59.7 Å². The number of aromatic nitrogens is 1. The fourth-order valence-corrected chi connectivity index (χ4v) is 4.99. The van der Waals surface area contributed by atoms with E-state index in [4.69, 9.17) is 4.98 Å². The van der Waals surface area contributed by atoms with Gasteiger partial charge in [0.1, 0.15) is 0 Å². The Labute approximate surface area is 185 Å². The molecule has 0 unspecified atom stereocenters. The molecule has 0 atom stereocenters. The van der Waals surface area contributed by atoms with Gasteiger partial charge in [0.15, 0.2) is 5.13 Å². The number of anilines is 1. The molecule has 0 N–H and O–H groups in total. The molecule has 4 rings (SSSR count). The molecule has 30 heavy (non-hydrogen) atoms. The third-order valence-electron chi connectivity index (χ3n) is 4.92. The first-order chi connectivity index (χ1) is 14.7. The fraction of sp³-hybridized carbons (Fsp3) is 0.200. The van der Waals surface area contributed by atoms with Gasteiger partial charge in [0.05, 0.1) is 16.8 Å². The van der Waals surface area contributed by atoms with Crippen LogP contribution in [0.3, 0.4) is 0 Å². The summed E-state index contributed by atoms with van der Waals surface area (Å²) in [7, 11) is 0. The van der Waals surface area contributed by atoms with Crippen LogP contribution in [-0.4, -0.2) is 16.6 Å². The molecule has 0 saturated heterocycles. The Bertz CT molecular complexity index is 1140. The van der Waals surface area contributed by atoms with Crippen LogP contribution < -0.4 is 4.90 Å². The van der Waals surface area contributed by atoms with Crippen molar-refractivity contribution >= 4 is 44.4 Å². The molecule has 0 fully saturated rings. The fourth-order valence-electron chi connectivity index (χ4n) is 3.30. The second kappa shape index (κ2) is 9.45. The van der Waals surface area contributed by atoms with E-state index < -0.39 is 0 Å². The second-order valence-electron chi connectivity index (χ2n) is 6.99. The maximum Gasteiger partial charge on any atom is 0.260 e. The number of hydrogen-bond donors (Lipinski definition) is 0. The first kappa shape index (κ1) is 20.6. The number of nitrogens with zero attached hydrogens (tertiary/aromatic N) is 2. The van der Waals surface area contributed by atoms with Gasteiger partial charge in [-0.2, -0.15) is 0 Å². The van der Waals surface area contributed by atoms with Crippen molar-refractivity contribution in [3.63, 3.8) is 0 Å². The summed E-state index contributed by atoms with van der Waals surface area (Å²) in [5.41, 5.74) is 3.98. The molecular formula is C25H24N2OS2. The molecule has 0 aliphatic rings. The van der Waals surface area contributed by atoms with E-state index in [0.29, 0.717) is 12.1 Å². The number of hydrogen-bond acceptors (Lipinski definition) is 4. The Morgan fingerprint density at radius 3 is 2.43 bits per heavy atom. The van der Waals surface area contributed by atoms with E-state index in [1.165, 1.54) is 10.5 Å². The number of thiazole rings is 1. The van der Waals surface area contributed by atoms with Crippen molar-refractivity contribution in [3.05, 3.63) is 89.5 Å². The number of aryl methyl sites for hydroxylation is 1.